The Morgan fingerprint density at radius 3 is 2.77 bits per heavy atom. The van der Waals surface area contributed by atoms with Crippen LogP contribution in [0.4, 0.5) is 0 Å². The van der Waals surface area contributed by atoms with Crippen LogP contribution in [0, 0.1) is 6.92 Å². The van der Waals surface area contributed by atoms with Crippen molar-refractivity contribution in [3.8, 4) is 0 Å². The summed E-state index contributed by atoms with van der Waals surface area (Å²) < 4.78 is 1.97. The first kappa shape index (κ1) is 8.85. The number of nitrogens with zero attached hydrogens (tertiary/aromatic N) is 2. The van der Waals surface area contributed by atoms with E-state index in [1.165, 1.54) is 0 Å². The van der Waals surface area contributed by atoms with Crippen LogP contribution in [-0.4, -0.2) is 9.38 Å². The highest BCUT2D eigenvalue weighted by Gasteiger charge is 2.08. The van der Waals surface area contributed by atoms with Gasteiger partial charge in [-0.05, 0) is 19.1 Å². The van der Waals surface area contributed by atoms with E-state index in [4.69, 9.17) is 23.2 Å². The standard InChI is InChI=1S/C9H8Cl2N2/c1-6-3-2-4-8-12-7(9(10)11)5-13(6)8/h2-5,9H,1H3. The van der Waals surface area contributed by atoms with Crippen molar-refractivity contribution in [1.82, 2.24) is 9.38 Å². The van der Waals surface area contributed by atoms with Crippen LogP contribution in [0.1, 0.15) is 16.2 Å². The number of hydrogen-bond donors (Lipinski definition) is 0. The maximum absolute atomic E-state index is 5.72. The zero-order valence-electron chi connectivity index (χ0n) is 7.04. The summed E-state index contributed by atoms with van der Waals surface area (Å²) in [6, 6.07) is 5.89. The zero-order chi connectivity index (χ0) is 9.42. The molecule has 2 aromatic rings. The van der Waals surface area contributed by atoms with Crippen LogP contribution in [0.15, 0.2) is 24.4 Å². The molecular formula is C9H8Cl2N2. The highest BCUT2D eigenvalue weighted by molar-refractivity contribution is 6.43. The number of alkyl halides is 2. The molecule has 0 bridgehead atoms. The minimum absolute atomic E-state index is 0.556. The first-order chi connectivity index (χ1) is 6.18. The molecule has 2 rings (SSSR count). The van der Waals surface area contributed by atoms with Gasteiger partial charge in [-0.1, -0.05) is 29.3 Å². The van der Waals surface area contributed by atoms with Crippen LogP contribution in [0.3, 0.4) is 0 Å². The molecule has 13 heavy (non-hydrogen) atoms. The fraction of sp³-hybridized carbons (Fsp3) is 0.222. The summed E-state index contributed by atoms with van der Waals surface area (Å²) >= 11 is 11.4. The highest BCUT2D eigenvalue weighted by Crippen LogP contribution is 2.24. The Labute approximate surface area is 86.1 Å². The molecule has 0 aliphatic carbocycles. The highest BCUT2D eigenvalue weighted by atomic mass is 35.5. The first-order valence-corrected chi connectivity index (χ1v) is 4.78. The normalized spacial score (nSPS) is 11.4. The van der Waals surface area contributed by atoms with Crippen molar-refractivity contribution in [3.63, 3.8) is 0 Å². The number of imidazole rings is 1. The fourth-order valence-electron chi connectivity index (χ4n) is 1.27. The van der Waals surface area contributed by atoms with Crippen LogP contribution in [-0.2, 0) is 0 Å². The number of fused-ring (bicyclic) bond motifs is 1. The molecule has 0 aromatic carbocycles. The second-order valence-corrected chi connectivity index (χ2v) is 3.96. The third-order valence-electron chi connectivity index (χ3n) is 1.94. The van der Waals surface area contributed by atoms with Crippen molar-refractivity contribution in [3.05, 3.63) is 35.8 Å². The molecule has 4 heteroatoms. The third-order valence-corrected chi connectivity index (χ3v) is 2.39. The van der Waals surface area contributed by atoms with Crippen molar-refractivity contribution in [2.24, 2.45) is 0 Å². The second-order valence-electron chi connectivity index (χ2n) is 2.86. The van der Waals surface area contributed by atoms with Crippen LogP contribution in [0.5, 0.6) is 0 Å². The van der Waals surface area contributed by atoms with E-state index in [-0.39, 0.29) is 0 Å². The summed E-state index contributed by atoms with van der Waals surface area (Å²) in [5.41, 5.74) is 2.68. The lowest BCUT2D eigenvalue weighted by molar-refractivity contribution is 1.09. The van der Waals surface area contributed by atoms with Crippen molar-refractivity contribution in [1.29, 1.82) is 0 Å². The Kier molecular flexibility index (Phi) is 2.18. The number of pyridine rings is 1. The summed E-state index contributed by atoms with van der Waals surface area (Å²) in [4.78, 5) is 3.72. The zero-order valence-corrected chi connectivity index (χ0v) is 8.55. The molecule has 0 atom stereocenters. The quantitative estimate of drug-likeness (QED) is 0.668. The number of aromatic nitrogens is 2. The van der Waals surface area contributed by atoms with Crippen molar-refractivity contribution in [2.45, 2.75) is 11.8 Å². The summed E-state index contributed by atoms with van der Waals surface area (Å²) in [6.07, 6.45) is 1.86. The molecule has 0 radical (unpaired) electrons. The lowest BCUT2D eigenvalue weighted by Crippen LogP contribution is -1.86. The Balaban J connectivity index is 2.68. The monoisotopic (exact) mass is 214 g/mol. The number of rotatable bonds is 1. The van der Waals surface area contributed by atoms with Crippen LogP contribution in [0.25, 0.3) is 5.65 Å². The minimum Gasteiger partial charge on any atom is -0.304 e. The Morgan fingerprint density at radius 2 is 2.15 bits per heavy atom. The van der Waals surface area contributed by atoms with E-state index in [1.807, 2.05) is 35.7 Å². The van der Waals surface area contributed by atoms with Gasteiger partial charge in [0.1, 0.15) is 5.65 Å². The van der Waals surface area contributed by atoms with Gasteiger partial charge in [0, 0.05) is 11.9 Å². The number of hydrogen-bond acceptors (Lipinski definition) is 1. The molecule has 2 nitrogen and oxygen atoms in total. The molecule has 0 N–H and O–H groups in total. The van der Waals surface area contributed by atoms with E-state index in [9.17, 15) is 0 Å². The molecule has 2 heterocycles. The topological polar surface area (TPSA) is 17.3 Å². The van der Waals surface area contributed by atoms with Gasteiger partial charge in [0.15, 0.2) is 4.84 Å². The molecule has 0 saturated heterocycles. The largest absolute Gasteiger partial charge is 0.304 e. The molecule has 0 fully saturated rings. The Bertz CT molecular complexity index is 434. The third kappa shape index (κ3) is 1.52. The lowest BCUT2D eigenvalue weighted by Gasteiger charge is -1.95. The van der Waals surface area contributed by atoms with Crippen LogP contribution in [0.2, 0.25) is 0 Å². The van der Waals surface area contributed by atoms with Crippen molar-refractivity contribution >= 4 is 28.8 Å². The van der Waals surface area contributed by atoms with E-state index in [0.29, 0.717) is 5.69 Å². The summed E-state index contributed by atoms with van der Waals surface area (Å²) in [7, 11) is 0. The van der Waals surface area contributed by atoms with Gasteiger partial charge in [0.2, 0.25) is 0 Å². The van der Waals surface area contributed by atoms with Gasteiger partial charge in [-0.3, -0.25) is 0 Å². The average molecular weight is 215 g/mol. The average Bonchev–Trinajstić information content (AvgIpc) is 2.49. The van der Waals surface area contributed by atoms with Gasteiger partial charge in [-0.25, -0.2) is 4.98 Å². The molecule has 0 amide bonds. The van der Waals surface area contributed by atoms with Gasteiger partial charge < -0.3 is 4.40 Å². The van der Waals surface area contributed by atoms with Gasteiger partial charge >= 0.3 is 0 Å². The Morgan fingerprint density at radius 1 is 1.38 bits per heavy atom. The lowest BCUT2D eigenvalue weighted by atomic mass is 10.4. The molecule has 0 aliphatic rings. The summed E-state index contributed by atoms with van der Waals surface area (Å²) in [5.74, 6) is 0. The molecule has 0 saturated carbocycles. The van der Waals surface area contributed by atoms with E-state index in [0.717, 1.165) is 11.3 Å². The minimum atomic E-state index is -0.556. The SMILES string of the molecule is Cc1cccc2nc(C(Cl)Cl)cn12. The smallest absolute Gasteiger partial charge is 0.151 e. The fourth-order valence-corrected chi connectivity index (χ4v) is 1.48. The Hall–Kier alpha value is -0.730. The maximum atomic E-state index is 5.72. The molecule has 0 unspecified atom stereocenters. The molecule has 0 spiro atoms. The van der Waals surface area contributed by atoms with Crippen LogP contribution < -0.4 is 0 Å². The van der Waals surface area contributed by atoms with E-state index in [1.54, 1.807) is 0 Å². The van der Waals surface area contributed by atoms with E-state index < -0.39 is 4.84 Å². The second kappa shape index (κ2) is 3.20. The van der Waals surface area contributed by atoms with E-state index in [2.05, 4.69) is 4.98 Å². The summed E-state index contributed by atoms with van der Waals surface area (Å²) in [5, 5.41) is 0. The predicted octanol–water partition coefficient (Wildman–Crippen LogP) is 3.12. The van der Waals surface area contributed by atoms with Crippen LogP contribution >= 0.6 is 23.2 Å². The number of halogens is 2. The number of aryl methyl sites for hydroxylation is 1. The van der Waals surface area contributed by atoms with Gasteiger partial charge in [0.25, 0.3) is 0 Å². The van der Waals surface area contributed by atoms with E-state index >= 15 is 0 Å². The predicted molar refractivity (Wildman–Crippen MR) is 54.4 cm³/mol. The molecule has 2 aromatic heterocycles. The maximum Gasteiger partial charge on any atom is 0.151 e. The van der Waals surface area contributed by atoms with Crippen molar-refractivity contribution in [2.75, 3.05) is 0 Å². The van der Waals surface area contributed by atoms with Gasteiger partial charge in [-0.2, -0.15) is 0 Å². The van der Waals surface area contributed by atoms with Gasteiger partial charge in [0.05, 0.1) is 5.69 Å². The summed E-state index contributed by atoms with van der Waals surface area (Å²) in [6.45, 7) is 2.01. The van der Waals surface area contributed by atoms with Gasteiger partial charge in [-0.15, -0.1) is 0 Å². The molecule has 0 aliphatic heterocycles. The van der Waals surface area contributed by atoms with Crippen molar-refractivity contribution < 1.29 is 0 Å². The molecular weight excluding hydrogens is 207 g/mol. The first-order valence-electron chi connectivity index (χ1n) is 3.91. The molecule has 68 valence electrons.